The van der Waals surface area contributed by atoms with Crippen LogP contribution in [0.15, 0.2) is 24.3 Å². The van der Waals surface area contributed by atoms with E-state index in [2.05, 4.69) is 18.7 Å². The van der Waals surface area contributed by atoms with Gasteiger partial charge in [-0.1, -0.05) is 26.0 Å². The van der Waals surface area contributed by atoms with E-state index in [1.807, 2.05) is 17.8 Å². The molecule has 0 aliphatic rings. The minimum atomic E-state index is -0.185. The Hall–Kier alpha value is -0.580. The highest BCUT2D eigenvalue weighted by Gasteiger charge is 2.11. The largest absolute Gasteiger partial charge is 0.329 e. The van der Waals surface area contributed by atoms with Crippen LogP contribution in [0.5, 0.6) is 0 Å². The van der Waals surface area contributed by atoms with Crippen molar-refractivity contribution >= 4 is 11.8 Å². The number of halogens is 1. The minimum Gasteiger partial charge on any atom is -0.329 e. The minimum absolute atomic E-state index is 0.185. The van der Waals surface area contributed by atoms with Crippen molar-refractivity contribution < 1.29 is 4.39 Å². The van der Waals surface area contributed by atoms with Gasteiger partial charge in [0.1, 0.15) is 5.82 Å². The lowest BCUT2D eigenvalue weighted by Gasteiger charge is -2.20. The summed E-state index contributed by atoms with van der Waals surface area (Å²) in [5, 5.41) is 0.191. The van der Waals surface area contributed by atoms with Gasteiger partial charge in [-0.3, -0.25) is 0 Å². The summed E-state index contributed by atoms with van der Waals surface area (Å²) >= 11 is 1.81. The Labute approximate surface area is 114 Å². The first kappa shape index (κ1) is 15.5. The first-order valence-corrected chi connectivity index (χ1v) is 7.55. The van der Waals surface area contributed by atoms with Crippen LogP contribution in [0.1, 0.15) is 24.7 Å². The van der Waals surface area contributed by atoms with Gasteiger partial charge >= 0.3 is 0 Å². The Morgan fingerprint density at radius 2 is 2.06 bits per heavy atom. The van der Waals surface area contributed by atoms with Gasteiger partial charge in [-0.25, -0.2) is 4.39 Å². The van der Waals surface area contributed by atoms with Gasteiger partial charge in [0.05, 0.1) is 0 Å². The van der Waals surface area contributed by atoms with Gasteiger partial charge < -0.3 is 10.6 Å². The van der Waals surface area contributed by atoms with E-state index in [1.165, 1.54) is 6.07 Å². The summed E-state index contributed by atoms with van der Waals surface area (Å²) in [5.41, 5.74) is 6.77. The zero-order valence-corrected chi connectivity index (χ0v) is 12.0. The van der Waals surface area contributed by atoms with E-state index in [0.29, 0.717) is 6.54 Å². The van der Waals surface area contributed by atoms with Gasteiger partial charge in [-0.15, -0.1) is 0 Å². The molecule has 0 aliphatic carbocycles. The lowest BCUT2D eigenvalue weighted by atomic mass is 10.1. The summed E-state index contributed by atoms with van der Waals surface area (Å²) in [6, 6.07) is 6.75. The highest BCUT2D eigenvalue weighted by atomic mass is 32.2. The van der Waals surface area contributed by atoms with Crippen molar-refractivity contribution in [2.24, 2.45) is 5.73 Å². The fraction of sp³-hybridized carbons (Fsp3) is 0.571. The number of nitrogens with zero attached hydrogens (tertiary/aromatic N) is 1. The normalized spacial score (nSPS) is 12.9. The third-order valence-electron chi connectivity index (χ3n) is 3.06. The Morgan fingerprint density at radius 3 is 2.61 bits per heavy atom. The predicted molar refractivity (Wildman–Crippen MR) is 78.4 cm³/mol. The molecule has 0 amide bonds. The fourth-order valence-corrected chi connectivity index (χ4v) is 2.99. The third-order valence-corrected chi connectivity index (χ3v) is 4.34. The summed E-state index contributed by atoms with van der Waals surface area (Å²) < 4.78 is 13.2. The van der Waals surface area contributed by atoms with E-state index >= 15 is 0 Å². The van der Waals surface area contributed by atoms with Crippen LogP contribution in [0.25, 0.3) is 0 Å². The van der Waals surface area contributed by atoms with E-state index in [1.54, 1.807) is 12.1 Å². The first-order chi connectivity index (χ1) is 8.71. The Balaban J connectivity index is 2.47. The smallest absolute Gasteiger partial charge is 0.123 e. The maximum Gasteiger partial charge on any atom is 0.123 e. The van der Waals surface area contributed by atoms with Gasteiger partial charge in [0.25, 0.3) is 0 Å². The average molecular weight is 270 g/mol. The number of benzene rings is 1. The SMILES string of the molecule is CCN(CC)CCSC(CN)c1cccc(F)c1. The summed E-state index contributed by atoms with van der Waals surface area (Å²) in [6.45, 7) is 8.09. The van der Waals surface area contributed by atoms with Crippen LogP contribution in [-0.4, -0.2) is 36.8 Å². The molecule has 4 heteroatoms. The highest BCUT2D eigenvalue weighted by molar-refractivity contribution is 7.99. The lowest BCUT2D eigenvalue weighted by molar-refractivity contribution is 0.324. The second-order valence-corrected chi connectivity index (χ2v) is 5.49. The third kappa shape index (κ3) is 4.96. The highest BCUT2D eigenvalue weighted by Crippen LogP contribution is 2.27. The molecule has 0 bridgehead atoms. The molecular weight excluding hydrogens is 247 g/mol. The van der Waals surface area contributed by atoms with Crippen LogP contribution in [0.2, 0.25) is 0 Å². The monoisotopic (exact) mass is 270 g/mol. The van der Waals surface area contributed by atoms with E-state index in [-0.39, 0.29) is 11.1 Å². The molecule has 0 saturated carbocycles. The molecule has 102 valence electrons. The molecule has 1 rings (SSSR count). The molecular formula is C14H23FN2S. The van der Waals surface area contributed by atoms with E-state index < -0.39 is 0 Å². The average Bonchev–Trinajstić information content (AvgIpc) is 2.39. The summed E-state index contributed by atoms with van der Waals surface area (Å²) in [5.74, 6) is 0.843. The quantitative estimate of drug-likeness (QED) is 0.787. The van der Waals surface area contributed by atoms with Crippen molar-refractivity contribution in [3.8, 4) is 0 Å². The molecule has 0 aliphatic heterocycles. The molecule has 0 heterocycles. The number of rotatable bonds is 8. The van der Waals surface area contributed by atoms with Crippen LogP contribution in [-0.2, 0) is 0 Å². The van der Waals surface area contributed by atoms with Gasteiger partial charge in [0.15, 0.2) is 0 Å². The van der Waals surface area contributed by atoms with E-state index in [9.17, 15) is 4.39 Å². The zero-order chi connectivity index (χ0) is 13.4. The van der Waals surface area contributed by atoms with Crippen LogP contribution >= 0.6 is 11.8 Å². The molecule has 2 N–H and O–H groups in total. The van der Waals surface area contributed by atoms with Gasteiger partial charge in [-0.2, -0.15) is 11.8 Å². The molecule has 0 radical (unpaired) electrons. The van der Waals surface area contributed by atoms with Gasteiger partial charge in [0.2, 0.25) is 0 Å². The Bertz CT molecular complexity index is 342. The Morgan fingerprint density at radius 1 is 1.33 bits per heavy atom. The van der Waals surface area contributed by atoms with Crippen LogP contribution in [0, 0.1) is 5.82 Å². The van der Waals surface area contributed by atoms with Crippen LogP contribution in [0.4, 0.5) is 4.39 Å². The van der Waals surface area contributed by atoms with Crippen molar-refractivity contribution in [2.75, 3.05) is 31.9 Å². The van der Waals surface area contributed by atoms with Crippen molar-refractivity contribution in [1.82, 2.24) is 4.90 Å². The zero-order valence-electron chi connectivity index (χ0n) is 11.2. The summed E-state index contributed by atoms with van der Waals surface area (Å²) in [6.07, 6.45) is 0. The molecule has 1 aromatic carbocycles. The van der Waals surface area contributed by atoms with Crippen molar-refractivity contribution in [3.63, 3.8) is 0 Å². The van der Waals surface area contributed by atoms with E-state index in [4.69, 9.17) is 5.73 Å². The van der Waals surface area contributed by atoms with Crippen molar-refractivity contribution in [1.29, 1.82) is 0 Å². The molecule has 18 heavy (non-hydrogen) atoms. The number of thioether (sulfide) groups is 1. The Kier molecular flexibility index (Phi) is 7.32. The van der Waals surface area contributed by atoms with Crippen molar-refractivity contribution in [2.45, 2.75) is 19.1 Å². The van der Waals surface area contributed by atoms with Crippen LogP contribution in [0.3, 0.4) is 0 Å². The fourth-order valence-electron chi connectivity index (χ4n) is 1.87. The topological polar surface area (TPSA) is 29.3 Å². The van der Waals surface area contributed by atoms with Gasteiger partial charge in [-0.05, 0) is 30.8 Å². The standard InChI is InChI=1S/C14H23FN2S/c1-3-17(4-2)8-9-18-14(11-16)12-6-5-7-13(15)10-12/h5-7,10,14H,3-4,8-9,11,16H2,1-2H3. The molecule has 1 atom stereocenters. The predicted octanol–water partition coefficient (Wildman–Crippen LogP) is 2.90. The molecule has 0 saturated heterocycles. The molecule has 2 nitrogen and oxygen atoms in total. The van der Waals surface area contributed by atoms with Crippen LogP contribution < -0.4 is 5.73 Å². The molecule has 0 spiro atoms. The second kappa shape index (κ2) is 8.51. The lowest BCUT2D eigenvalue weighted by Crippen LogP contribution is -2.26. The summed E-state index contributed by atoms with van der Waals surface area (Å²) in [4.78, 5) is 2.38. The maximum absolute atomic E-state index is 13.2. The number of hydrogen-bond acceptors (Lipinski definition) is 3. The van der Waals surface area contributed by atoms with Gasteiger partial charge in [0, 0.05) is 24.1 Å². The molecule has 0 fully saturated rings. The first-order valence-electron chi connectivity index (χ1n) is 6.50. The van der Waals surface area contributed by atoms with Crippen molar-refractivity contribution in [3.05, 3.63) is 35.6 Å². The summed E-state index contributed by atoms with van der Waals surface area (Å²) in [7, 11) is 0. The van der Waals surface area contributed by atoms with E-state index in [0.717, 1.165) is 31.0 Å². The maximum atomic E-state index is 13.2. The number of hydrogen-bond donors (Lipinski definition) is 1. The molecule has 0 aromatic heterocycles. The second-order valence-electron chi connectivity index (χ2n) is 4.18. The molecule has 1 aromatic rings. The number of nitrogens with two attached hydrogens (primary N) is 1. The molecule has 1 unspecified atom stereocenters.